The molecule has 152 valence electrons. The van der Waals surface area contributed by atoms with Crippen molar-refractivity contribution < 1.29 is 14.1 Å². The van der Waals surface area contributed by atoms with Gasteiger partial charge in [-0.3, -0.25) is 14.9 Å². The molecular weight excluding hydrogens is 377 g/mol. The van der Waals surface area contributed by atoms with Gasteiger partial charge in [0.15, 0.2) is 0 Å². The lowest BCUT2D eigenvalue weighted by Gasteiger charge is -2.07. The van der Waals surface area contributed by atoms with E-state index in [1.165, 1.54) is 24.3 Å². The molecule has 1 aromatic heterocycles. The zero-order valence-electron chi connectivity index (χ0n) is 16.0. The molecule has 0 aliphatic carbocycles. The van der Waals surface area contributed by atoms with Crippen LogP contribution in [0.15, 0.2) is 42.5 Å². The average molecular weight is 399 g/mol. The minimum atomic E-state index is -0.444. The van der Waals surface area contributed by atoms with Crippen LogP contribution < -0.4 is 10.6 Å². The van der Waals surface area contributed by atoms with E-state index in [2.05, 4.69) is 15.6 Å². The quantitative estimate of drug-likeness (QED) is 0.327. The van der Waals surface area contributed by atoms with E-state index in [9.17, 15) is 19.3 Å². The lowest BCUT2D eigenvalue weighted by molar-refractivity contribution is -0.384. The minimum absolute atomic E-state index is 0.0423. The van der Waals surface area contributed by atoms with Crippen LogP contribution in [0.4, 0.5) is 15.8 Å². The van der Waals surface area contributed by atoms with Crippen molar-refractivity contribution >= 4 is 28.3 Å². The summed E-state index contributed by atoms with van der Waals surface area (Å²) >= 11 is 0. The molecule has 0 fully saturated rings. The van der Waals surface area contributed by atoms with Crippen molar-refractivity contribution in [3.63, 3.8) is 0 Å². The number of imidazole rings is 1. The molecule has 9 heteroatoms. The number of nitrogens with zero attached hydrogens (tertiary/aromatic N) is 3. The number of fused-ring (bicyclic) bond motifs is 1. The Morgan fingerprint density at radius 2 is 1.97 bits per heavy atom. The highest BCUT2D eigenvalue weighted by molar-refractivity contribution is 5.76. The van der Waals surface area contributed by atoms with E-state index in [1.54, 1.807) is 18.2 Å². The summed E-state index contributed by atoms with van der Waals surface area (Å²) in [5, 5.41) is 16.6. The Balaban J connectivity index is 1.37. The summed E-state index contributed by atoms with van der Waals surface area (Å²) in [5.74, 6) is 0.425. The SMILES string of the molecule is Cn1c(CCNC(=O)CCCNc2ccc([N+](=O)[O-])cc2)nc2ccc(F)cc21. The first-order chi connectivity index (χ1) is 13.9. The standard InChI is InChI=1S/C20H22FN5O3/c1-25-18-13-14(21)4-9-17(18)24-19(25)10-12-23-20(27)3-2-11-22-15-5-7-16(8-6-15)26(28)29/h4-9,13,22H,2-3,10-12H2,1H3,(H,23,27). The molecule has 0 spiro atoms. The Bertz CT molecular complexity index is 1020. The van der Waals surface area contributed by atoms with E-state index in [0.717, 1.165) is 22.5 Å². The van der Waals surface area contributed by atoms with Crippen LogP contribution in [-0.4, -0.2) is 33.5 Å². The molecule has 0 bridgehead atoms. The van der Waals surface area contributed by atoms with Gasteiger partial charge in [0.25, 0.3) is 5.69 Å². The lowest BCUT2D eigenvalue weighted by Crippen LogP contribution is -2.26. The number of aromatic nitrogens is 2. The van der Waals surface area contributed by atoms with Crippen molar-refractivity contribution in [1.82, 2.24) is 14.9 Å². The number of non-ortho nitro benzene ring substituents is 1. The van der Waals surface area contributed by atoms with E-state index >= 15 is 0 Å². The lowest BCUT2D eigenvalue weighted by atomic mass is 10.2. The molecule has 8 nitrogen and oxygen atoms in total. The number of amides is 1. The number of halogens is 1. The highest BCUT2D eigenvalue weighted by Gasteiger charge is 2.09. The summed E-state index contributed by atoms with van der Waals surface area (Å²) in [4.78, 5) is 26.6. The van der Waals surface area contributed by atoms with Gasteiger partial charge in [-0.05, 0) is 36.8 Å². The number of aryl methyl sites for hydroxylation is 1. The maximum absolute atomic E-state index is 13.4. The second-order valence-corrected chi connectivity index (χ2v) is 6.65. The Hall–Kier alpha value is -3.49. The zero-order valence-corrected chi connectivity index (χ0v) is 16.0. The number of carbonyl (C=O) groups is 1. The summed E-state index contributed by atoms with van der Waals surface area (Å²) in [6, 6.07) is 10.6. The molecule has 3 rings (SSSR count). The van der Waals surface area contributed by atoms with Gasteiger partial charge in [-0.15, -0.1) is 0 Å². The van der Waals surface area contributed by atoms with E-state index in [4.69, 9.17) is 0 Å². The van der Waals surface area contributed by atoms with Gasteiger partial charge in [0.2, 0.25) is 5.91 Å². The molecule has 1 amide bonds. The van der Waals surface area contributed by atoms with E-state index in [1.807, 2.05) is 11.6 Å². The molecular formula is C20H22FN5O3. The van der Waals surface area contributed by atoms with E-state index in [0.29, 0.717) is 32.4 Å². The number of carbonyl (C=O) groups excluding carboxylic acids is 1. The molecule has 29 heavy (non-hydrogen) atoms. The fourth-order valence-corrected chi connectivity index (χ4v) is 3.02. The Labute approximate surface area is 166 Å². The smallest absolute Gasteiger partial charge is 0.269 e. The fourth-order valence-electron chi connectivity index (χ4n) is 3.02. The minimum Gasteiger partial charge on any atom is -0.385 e. The van der Waals surface area contributed by atoms with Gasteiger partial charge in [-0.1, -0.05) is 0 Å². The maximum atomic E-state index is 13.4. The summed E-state index contributed by atoms with van der Waals surface area (Å²) in [7, 11) is 1.83. The Morgan fingerprint density at radius 1 is 1.21 bits per heavy atom. The number of anilines is 1. The number of hydrogen-bond acceptors (Lipinski definition) is 5. The molecule has 2 N–H and O–H groups in total. The molecule has 0 saturated carbocycles. The second-order valence-electron chi connectivity index (χ2n) is 6.65. The third kappa shape index (κ3) is 5.28. The van der Waals surface area contributed by atoms with Crippen LogP contribution in [0.3, 0.4) is 0 Å². The predicted octanol–water partition coefficient (Wildman–Crippen LogP) is 3.17. The zero-order chi connectivity index (χ0) is 20.8. The fraction of sp³-hybridized carbons (Fsp3) is 0.300. The average Bonchev–Trinajstić information content (AvgIpc) is 3.01. The van der Waals surface area contributed by atoms with Crippen molar-refractivity contribution in [1.29, 1.82) is 0 Å². The van der Waals surface area contributed by atoms with Gasteiger partial charge in [-0.25, -0.2) is 9.37 Å². The number of nitro groups is 1. The number of rotatable bonds is 9. The third-order valence-electron chi connectivity index (χ3n) is 4.59. The molecule has 1 heterocycles. The first-order valence-corrected chi connectivity index (χ1v) is 9.30. The van der Waals surface area contributed by atoms with Crippen LogP contribution in [0.25, 0.3) is 11.0 Å². The number of hydrogen-bond donors (Lipinski definition) is 2. The van der Waals surface area contributed by atoms with Gasteiger partial charge in [0.1, 0.15) is 11.6 Å². The normalized spacial score (nSPS) is 10.8. The van der Waals surface area contributed by atoms with Crippen LogP contribution >= 0.6 is 0 Å². The van der Waals surface area contributed by atoms with Gasteiger partial charge in [0.05, 0.1) is 16.0 Å². The molecule has 3 aromatic rings. The Morgan fingerprint density at radius 3 is 2.69 bits per heavy atom. The van der Waals surface area contributed by atoms with Crippen molar-refractivity contribution in [3.8, 4) is 0 Å². The number of nitrogens with one attached hydrogen (secondary N) is 2. The molecule has 0 radical (unpaired) electrons. The van der Waals surface area contributed by atoms with Crippen molar-refractivity contribution in [2.75, 3.05) is 18.4 Å². The third-order valence-corrected chi connectivity index (χ3v) is 4.59. The van der Waals surface area contributed by atoms with Gasteiger partial charge in [-0.2, -0.15) is 0 Å². The van der Waals surface area contributed by atoms with E-state index < -0.39 is 4.92 Å². The summed E-state index contributed by atoms with van der Waals surface area (Å²) < 4.78 is 15.2. The predicted molar refractivity (Wildman–Crippen MR) is 108 cm³/mol. The number of benzene rings is 2. The van der Waals surface area contributed by atoms with Crippen molar-refractivity contribution in [3.05, 3.63) is 64.2 Å². The highest BCUT2D eigenvalue weighted by atomic mass is 19.1. The molecule has 0 unspecified atom stereocenters. The van der Waals surface area contributed by atoms with Gasteiger partial charge >= 0.3 is 0 Å². The summed E-state index contributed by atoms with van der Waals surface area (Å²) in [5.41, 5.74) is 2.27. The molecule has 0 atom stereocenters. The van der Waals surface area contributed by atoms with Crippen LogP contribution in [0, 0.1) is 15.9 Å². The maximum Gasteiger partial charge on any atom is 0.269 e. The Kier molecular flexibility index (Phi) is 6.38. The van der Waals surface area contributed by atoms with Gasteiger partial charge in [0, 0.05) is 50.8 Å². The van der Waals surface area contributed by atoms with Crippen LogP contribution in [-0.2, 0) is 18.3 Å². The van der Waals surface area contributed by atoms with Crippen LogP contribution in [0.1, 0.15) is 18.7 Å². The summed E-state index contributed by atoms with van der Waals surface area (Å²) in [6.07, 6.45) is 1.56. The first-order valence-electron chi connectivity index (χ1n) is 9.30. The molecule has 2 aromatic carbocycles. The van der Waals surface area contributed by atoms with E-state index in [-0.39, 0.29) is 17.4 Å². The topological polar surface area (TPSA) is 102 Å². The van der Waals surface area contributed by atoms with Crippen molar-refractivity contribution in [2.24, 2.45) is 7.05 Å². The first kappa shape index (κ1) is 20.2. The van der Waals surface area contributed by atoms with Gasteiger partial charge < -0.3 is 15.2 Å². The largest absolute Gasteiger partial charge is 0.385 e. The molecule has 0 aliphatic rings. The highest BCUT2D eigenvalue weighted by Crippen LogP contribution is 2.17. The van der Waals surface area contributed by atoms with Crippen LogP contribution in [0.5, 0.6) is 0 Å². The molecule has 0 saturated heterocycles. The monoisotopic (exact) mass is 399 g/mol. The van der Waals surface area contributed by atoms with Crippen LogP contribution in [0.2, 0.25) is 0 Å². The van der Waals surface area contributed by atoms with Crippen molar-refractivity contribution in [2.45, 2.75) is 19.3 Å². The number of nitro benzene ring substituents is 1. The second kappa shape index (κ2) is 9.13. The molecule has 0 aliphatic heterocycles. The summed E-state index contributed by atoms with van der Waals surface area (Å²) in [6.45, 7) is 1.04.